The molecule has 0 spiro atoms. The second-order valence-corrected chi connectivity index (χ2v) is 11.6. The van der Waals surface area contributed by atoms with Gasteiger partial charge in [-0.05, 0) is 49.6 Å². The summed E-state index contributed by atoms with van der Waals surface area (Å²) in [6.45, 7) is 1.10. The molecule has 11 heteroatoms. The van der Waals surface area contributed by atoms with E-state index >= 15 is 0 Å². The number of hydrogen-bond donors (Lipinski definition) is 1. The van der Waals surface area contributed by atoms with E-state index in [-0.39, 0.29) is 24.2 Å². The van der Waals surface area contributed by atoms with Crippen LogP contribution in [0, 0.1) is 0 Å². The number of nitrogens with zero attached hydrogens (tertiary/aromatic N) is 2. The fraction of sp³-hybridized carbons (Fsp3) is 0.440. The number of benzene rings is 2. The van der Waals surface area contributed by atoms with Crippen molar-refractivity contribution < 1.29 is 22.7 Å². The topological polar surface area (TPSA) is 96.0 Å². The van der Waals surface area contributed by atoms with E-state index in [1.165, 1.54) is 12.0 Å². The highest BCUT2D eigenvalue weighted by molar-refractivity contribution is 7.92. The Morgan fingerprint density at radius 3 is 2.42 bits per heavy atom. The van der Waals surface area contributed by atoms with Gasteiger partial charge in [-0.15, -0.1) is 0 Å². The van der Waals surface area contributed by atoms with Crippen LogP contribution in [0.1, 0.15) is 38.2 Å². The fourth-order valence-electron chi connectivity index (χ4n) is 4.24. The maximum absolute atomic E-state index is 13.7. The lowest BCUT2D eigenvalue weighted by atomic mass is 10.1. The standard InChI is InChI=1S/C25H31Cl2N3O5S/c1-17(25(32)28-20-8-4-5-9-20)29(15-18-12-13-19(26)14-21(18)27)24(31)16-30(36(3,33)34)22-10-6-7-11-23(22)35-2/h6-7,10-14,17,20H,4-5,8-9,15-16H2,1-3H3,(H,28,32)/t17-/m0/s1. The first-order valence-corrected chi connectivity index (χ1v) is 14.3. The zero-order valence-electron chi connectivity index (χ0n) is 20.5. The Kier molecular flexibility index (Phi) is 9.49. The highest BCUT2D eigenvalue weighted by atomic mass is 35.5. The van der Waals surface area contributed by atoms with Gasteiger partial charge in [-0.1, -0.05) is 54.2 Å². The molecule has 1 atom stereocenters. The van der Waals surface area contributed by atoms with Crippen LogP contribution in [0.4, 0.5) is 5.69 Å². The molecule has 3 rings (SSSR count). The molecule has 196 valence electrons. The molecule has 1 aliphatic rings. The summed E-state index contributed by atoms with van der Waals surface area (Å²) < 4.78 is 31.8. The maximum atomic E-state index is 13.7. The number of nitrogens with one attached hydrogen (secondary N) is 1. The monoisotopic (exact) mass is 555 g/mol. The van der Waals surface area contributed by atoms with Gasteiger partial charge in [0.25, 0.3) is 0 Å². The van der Waals surface area contributed by atoms with Crippen molar-refractivity contribution in [3.63, 3.8) is 0 Å². The van der Waals surface area contributed by atoms with E-state index in [1.807, 2.05) is 0 Å². The van der Waals surface area contributed by atoms with Gasteiger partial charge in [-0.25, -0.2) is 8.42 Å². The van der Waals surface area contributed by atoms with E-state index < -0.39 is 28.5 Å². The molecule has 1 aliphatic carbocycles. The number of carbonyl (C=O) groups excluding carboxylic acids is 2. The van der Waals surface area contributed by atoms with Crippen molar-refractivity contribution in [3.8, 4) is 5.75 Å². The molecule has 0 aliphatic heterocycles. The summed E-state index contributed by atoms with van der Waals surface area (Å²) in [5.41, 5.74) is 0.807. The molecule has 1 fully saturated rings. The number of halogens is 2. The molecule has 36 heavy (non-hydrogen) atoms. The number of anilines is 1. The first kappa shape index (κ1) is 28.1. The van der Waals surface area contributed by atoms with Crippen LogP contribution in [0.2, 0.25) is 10.0 Å². The number of sulfonamides is 1. The van der Waals surface area contributed by atoms with Crippen LogP contribution in [0.15, 0.2) is 42.5 Å². The third-order valence-corrected chi connectivity index (χ3v) is 7.97. The molecule has 2 amide bonds. The summed E-state index contributed by atoms with van der Waals surface area (Å²) in [6, 6.07) is 10.6. The second-order valence-electron chi connectivity index (χ2n) is 8.86. The van der Waals surface area contributed by atoms with E-state index in [2.05, 4.69) is 5.32 Å². The molecule has 8 nitrogen and oxygen atoms in total. The van der Waals surface area contributed by atoms with E-state index in [1.54, 1.807) is 49.4 Å². The molecular weight excluding hydrogens is 525 g/mol. The number of carbonyl (C=O) groups is 2. The normalized spacial score (nSPS) is 14.8. The number of hydrogen-bond acceptors (Lipinski definition) is 5. The Morgan fingerprint density at radius 1 is 1.14 bits per heavy atom. The highest BCUT2D eigenvalue weighted by Gasteiger charge is 2.32. The highest BCUT2D eigenvalue weighted by Crippen LogP contribution is 2.30. The van der Waals surface area contributed by atoms with E-state index in [4.69, 9.17) is 27.9 Å². The van der Waals surface area contributed by atoms with Crippen molar-refractivity contribution in [1.29, 1.82) is 0 Å². The molecule has 1 saturated carbocycles. The van der Waals surface area contributed by atoms with Crippen molar-refractivity contribution in [1.82, 2.24) is 10.2 Å². The van der Waals surface area contributed by atoms with Gasteiger partial charge in [0.05, 0.1) is 19.1 Å². The van der Waals surface area contributed by atoms with Gasteiger partial charge in [0, 0.05) is 22.6 Å². The maximum Gasteiger partial charge on any atom is 0.244 e. The average molecular weight is 557 g/mol. The molecule has 1 N–H and O–H groups in total. The third-order valence-electron chi connectivity index (χ3n) is 6.26. The van der Waals surface area contributed by atoms with Crippen molar-refractivity contribution in [2.75, 3.05) is 24.2 Å². The molecular formula is C25H31Cl2N3O5S. The van der Waals surface area contributed by atoms with Crippen LogP contribution >= 0.6 is 23.2 Å². The largest absolute Gasteiger partial charge is 0.495 e. The summed E-state index contributed by atoms with van der Waals surface area (Å²) in [5.74, 6) is -0.565. The van der Waals surface area contributed by atoms with E-state index in [0.717, 1.165) is 36.2 Å². The van der Waals surface area contributed by atoms with Gasteiger partial charge in [0.2, 0.25) is 21.8 Å². The first-order chi connectivity index (χ1) is 17.0. The Bertz CT molecular complexity index is 1200. The molecule has 0 aromatic heterocycles. The summed E-state index contributed by atoms with van der Waals surface area (Å²) in [5, 5.41) is 3.80. The Balaban J connectivity index is 1.93. The number of rotatable bonds is 10. The minimum Gasteiger partial charge on any atom is -0.495 e. The van der Waals surface area contributed by atoms with Crippen molar-refractivity contribution in [2.45, 2.75) is 51.2 Å². The van der Waals surface area contributed by atoms with Crippen LogP contribution in [-0.4, -0.2) is 57.1 Å². The lowest BCUT2D eigenvalue weighted by Crippen LogP contribution is -2.52. The van der Waals surface area contributed by atoms with Gasteiger partial charge >= 0.3 is 0 Å². The van der Waals surface area contributed by atoms with Crippen LogP contribution in [-0.2, 0) is 26.2 Å². The molecule has 0 radical (unpaired) electrons. The zero-order chi connectivity index (χ0) is 26.5. The van der Waals surface area contributed by atoms with Crippen LogP contribution in [0.25, 0.3) is 0 Å². The van der Waals surface area contributed by atoms with Gasteiger partial charge < -0.3 is 15.0 Å². The number of methoxy groups -OCH3 is 1. The Morgan fingerprint density at radius 2 is 1.81 bits per heavy atom. The van der Waals surface area contributed by atoms with Crippen LogP contribution in [0.3, 0.4) is 0 Å². The summed E-state index contributed by atoms with van der Waals surface area (Å²) in [6.07, 6.45) is 4.90. The summed E-state index contributed by atoms with van der Waals surface area (Å²) in [7, 11) is -2.45. The van der Waals surface area contributed by atoms with E-state index in [0.29, 0.717) is 21.4 Å². The van der Waals surface area contributed by atoms with Gasteiger partial charge in [-0.2, -0.15) is 0 Å². The van der Waals surface area contributed by atoms with Crippen molar-refractivity contribution in [3.05, 3.63) is 58.1 Å². The zero-order valence-corrected chi connectivity index (χ0v) is 22.9. The Hall–Kier alpha value is -2.49. The summed E-state index contributed by atoms with van der Waals surface area (Å²) in [4.78, 5) is 28.1. The molecule has 0 saturated heterocycles. The van der Waals surface area contributed by atoms with Crippen LogP contribution in [0.5, 0.6) is 5.75 Å². The second kappa shape index (κ2) is 12.2. The van der Waals surface area contributed by atoms with E-state index in [9.17, 15) is 18.0 Å². The predicted octanol–water partition coefficient (Wildman–Crippen LogP) is 4.24. The molecule has 0 unspecified atom stereocenters. The van der Waals surface area contributed by atoms with Gasteiger partial charge in [0.1, 0.15) is 18.3 Å². The number of ether oxygens (including phenoxy) is 1. The lowest BCUT2D eigenvalue weighted by Gasteiger charge is -2.32. The van der Waals surface area contributed by atoms with Crippen molar-refractivity contribution in [2.24, 2.45) is 0 Å². The minimum atomic E-state index is -3.87. The first-order valence-electron chi connectivity index (χ1n) is 11.7. The van der Waals surface area contributed by atoms with Crippen LogP contribution < -0.4 is 14.4 Å². The molecule has 0 heterocycles. The minimum absolute atomic E-state index is 0.00237. The summed E-state index contributed by atoms with van der Waals surface area (Å²) >= 11 is 12.4. The van der Waals surface area contributed by atoms with Gasteiger partial charge in [-0.3, -0.25) is 13.9 Å². The SMILES string of the molecule is COc1ccccc1N(CC(=O)N(Cc1ccc(Cl)cc1Cl)[C@@H](C)C(=O)NC1CCCC1)S(C)(=O)=O. The molecule has 2 aromatic carbocycles. The van der Waals surface area contributed by atoms with Gasteiger partial charge in [0.15, 0.2) is 0 Å². The quantitative estimate of drug-likeness (QED) is 0.472. The predicted molar refractivity (Wildman–Crippen MR) is 142 cm³/mol. The number of para-hydroxylation sites is 2. The third kappa shape index (κ3) is 7.05. The van der Waals surface area contributed by atoms with Crippen molar-refractivity contribution >= 4 is 50.7 Å². The molecule has 2 aromatic rings. The number of amides is 2. The molecule has 0 bridgehead atoms. The average Bonchev–Trinajstić information content (AvgIpc) is 3.33. The smallest absolute Gasteiger partial charge is 0.244 e. The Labute approximate surface area is 222 Å². The fourth-order valence-corrected chi connectivity index (χ4v) is 5.56. The lowest BCUT2D eigenvalue weighted by molar-refractivity contribution is -0.139.